The van der Waals surface area contributed by atoms with Crippen LogP contribution in [0.5, 0.6) is 0 Å². The quantitative estimate of drug-likeness (QED) is 0.269. The summed E-state index contributed by atoms with van der Waals surface area (Å²) in [6.45, 7) is 2.80. The number of halogens is 1. The first-order valence-corrected chi connectivity index (χ1v) is 11.6. The van der Waals surface area contributed by atoms with Crippen molar-refractivity contribution in [2.45, 2.75) is 24.8 Å². The maximum absolute atomic E-state index is 13.3. The van der Waals surface area contributed by atoms with Gasteiger partial charge in [0.05, 0.1) is 15.4 Å². The highest BCUT2D eigenvalue weighted by Gasteiger charge is 2.21. The number of esters is 1. The van der Waals surface area contributed by atoms with Gasteiger partial charge in [0.1, 0.15) is 5.82 Å². The zero-order valence-electron chi connectivity index (χ0n) is 18.5. The number of ether oxygens (including phenoxy) is 1. The topological polar surface area (TPSA) is 145 Å². The number of aryl methyl sites for hydroxylation is 1. The Kier molecular flexibility index (Phi) is 7.45. The molecule has 0 aromatic heterocycles. The minimum absolute atomic E-state index is 0.0564. The first-order chi connectivity index (χ1) is 16.5. The zero-order valence-corrected chi connectivity index (χ0v) is 19.3. The number of nitrogens with zero attached hydrogens (tertiary/aromatic N) is 1. The van der Waals surface area contributed by atoms with E-state index in [-0.39, 0.29) is 33.1 Å². The molecular weight excluding hydrogens is 481 g/mol. The number of nitro groups is 1. The lowest BCUT2D eigenvalue weighted by Gasteiger charge is -2.14. The number of benzene rings is 3. The molecule has 0 spiro atoms. The summed E-state index contributed by atoms with van der Waals surface area (Å²) in [4.78, 5) is 34.8. The molecule has 0 aliphatic carbocycles. The molecule has 0 bridgehead atoms. The lowest BCUT2D eigenvalue weighted by Crippen LogP contribution is -2.30. The number of non-ortho nitro benzene ring substituents is 1. The molecule has 0 aliphatic heterocycles. The number of amides is 1. The van der Waals surface area contributed by atoms with Crippen LogP contribution in [0.25, 0.3) is 0 Å². The van der Waals surface area contributed by atoms with Gasteiger partial charge in [-0.15, -0.1) is 0 Å². The molecule has 0 heterocycles. The monoisotopic (exact) mass is 501 g/mol. The van der Waals surface area contributed by atoms with Crippen LogP contribution in [0.4, 0.5) is 21.5 Å². The second-order valence-electron chi connectivity index (χ2n) is 7.44. The van der Waals surface area contributed by atoms with Crippen LogP contribution >= 0.6 is 0 Å². The van der Waals surface area contributed by atoms with Crippen molar-refractivity contribution in [3.8, 4) is 0 Å². The van der Waals surface area contributed by atoms with E-state index in [4.69, 9.17) is 4.74 Å². The first-order valence-electron chi connectivity index (χ1n) is 10.1. The molecule has 0 aliphatic rings. The highest BCUT2D eigenvalue weighted by molar-refractivity contribution is 7.92. The van der Waals surface area contributed by atoms with E-state index in [1.807, 2.05) is 0 Å². The molecule has 0 saturated carbocycles. The molecule has 12 heteroatoms. The maximum atomic E-state index is 13.3. The molecule has 3 aromatic carbocycles. The molecule has 3 rings (SSSR count). The smallest absolute Gasteiger partial charge is 0.338 e. The van der Waals surface area contributed by atoms with Crippen LogP contribution in [0, 0.1) is 22.9 Å². The minimum Gasteiger partial charge on any atom is -0.449 e. The van der Waals surface area contributed by atoms with Gasteiger partial charge in [0.15, 0.2) is 6.10 Å². The van der Waals surface area contributed by atoms with E-state index in [2.05, 4.69) is 10.0 Å². The van der Waals surface area contributed by atoms with Crippen molar-refractivity contribution in [1.29, 1.82) is 0 Å². The van der Waals surface area contributed by atoms with Gasteiger partial charge in [0.25, 0.3) is 21.6 Å². The van der Waals surface area contributed by atoms with Crippen molar-refractivity contribution in [2.75, 3.05) is 10.0 Å². The van der Waals surface area contributed by atoms with E-state index in [1.54, 1.807) is 0 Å². The number of nitro benzene ring substituents is 1. The number of sulfonamides is 1. The molecule has 0 radical (unpaired) electrons. The summed E-state index contributed by atoms with van der Waals surface area (Å²) in [5.74, 6) is -2.09. The van der Waals surface area contributed by atoms with Gasteiger partial charge in [-0.3, -0.25) is 19.6 Å². The fraction of sp³-hybridized carbons (Fsp3) is 0.130. The van der Waals surface area contributed by atoms with Gasteiger partial charge in [-0.2, -0.15) is 0 Å². The van der Waals surface area contributed by atoms with Crippen LogP contribution < -0.4 is 10.0 Å². The van der Waals surface area contributed by atoms with Crippen molar-refractivity contribution >= 4 is 39.0 Å². The Morgan fingerprint density at radius 3 is 2.34 bits per heavy atom. The number of anilines is 2. The lowest BCUT2D eigenvalue weighted by atomic mass is 10.2. The summed E-state index contributed by atoms with van der Waals surface area (Å²) in [5.41, 5.74) is 0.399. The van der Waals surface area contributed by atoms with Crippen LogP contribution in [-0.4, -0.2) is 31.3 Å². The standard InChI is InChI=1S/C23H20FN3O7S/c1-14-12-17(24)8-11-21(14)35(32,33)26-18-9-6-16(7-10-18)23(29)34-15(2)22(28)25-19-4-3-5-20(13-19)27(30)31/h3-13,15,26H,1-2H3,(H,25,28)/t15-/m1/s1. The molecular formula is C23H20FN3O7S. The Balaban J connectivity index is 1.62. The highest BCUT2D eigenvalue weighted by atomic mass is 32.2. The summed E-state index contributed by atoms with van der Waals surface area (Å²) >= 11 is 0. The Bertz CT molecular complexity index is 1390. The largest absolute Gasteiger partial charge is 0.449 e. The third kappa shape index (κ3) is 6.38. The third-order valence-electron chi connectivity index (χ3n) is 4.78. The Labute approximate surface area is 199 Å². The lowest BCUT2D eigenvalue weighted by molar-refractivity contribution is -0.384. The Hall–Kier alpha value is -4.32. The number of carbonyl (C=O) groups is 2. The molecule has 0 saturated heterocycles. The van der Waals surface area contributed by atoms with Crippen LogP contribution in [0.3, 0.4) is 0 Å². The average molecular weight is 501 g/mol. The summed E-state index contributed by atoms with van der Waals surface area (Å²) in [7, 11) is -3.99. The summed E-state index contributed by atoms with van der Waals surface area (Å²) < 4.78 is 45.9. The van der Waals surface area contributed by atoms with E-state index in [0.29, 0.717) is 0 Å². The summed E-state index contributed by atoms with van der Waals surface area (Å²) in [6.07, 6.45) is -1.22. The molecule has 3 aromatic rings. The van der Waals surface area contributed by atoms with Gasteiger partial charge in [-0.1, -0.05) is 6.07 Å². The average Bonchev–Trinajstić information content (AvgIpc) is 2.79. The molecule has 0 fully saturated rings. The van der Waals surface area contributed by atoms with Crippen LogP contribution in [0.15, 0.2) is 71.6 Å². The van der Waals surface area contributed by atoms with Gasteiger partial charge in [-0.05, 0) is 67.9 Å². The second-order valence-corrected chi connectivity index (χ2v) is 9.09. The van der Waals surface area contributed by atoms with Crippen LogP contribution in [0.1, 0.15) is 22.8 Å². The minimum atomic E-state index is -3.99. The van der Waals surface area contributed by atoms with Crippen LogP contribution in [-0.2, 0) is 19.6 Å². The first kappa shape index (κ1) is 25.3. The van der Waals surface area contributed by atoms with E-state index in [1.165, 1.54) is 62.4 Å². The van der Waals surface area contributed by atoms with Gasteiger partial charge in [-0.25, -0.2) is 17.6 Å². The molecule has 35 heavy (non-hydrogen) atoms. The van der Waals surface area contributed by atoms with Gasteiger partial charge in [0.2, 0.25) is 0 Å². The van der Waals surface area contributed by atoms with Crippen molar-refractivity contribution in [2.24, 2.45) is 0 Å². The SMILES string of the molecule is Cc1cc(F)ccc1S(=O)(=O)Nc1ccc(C(=O)O[C@H](C)C(=O)Nc2cccc([N+](=O)[O-])c2)cc1. The van der Waals surface area contributed by atoms with E-state index in [0.717, 1.165) is 18.2 Å². The number of carbonyl (C=O) groups excluding carboxylic acids is 2. The zero-order chi connectivity index (χ0) is 25.8. The number of rotatable bonds is 8. The predicted molar refractivity (Wildman–Crippen MR) is 125 cm³/mol. The fourth-order valence-electron chi connectivity index (χ4n) is 3.02. The van der Waals surface area contributed by atoms with Gasteiger partial charge >= 0.3 is 5.97 Å². The third-order valence-corrected chi connectivity index (χ3v) is 6.32. The molecule has 0 unspecified atom stereocenters. The number of hydrogen-bond donors (Lipinski definition) is 2. The van der Waals surface area contributed by atoms with Gasteiger partial charge in [0, 0.05) is 23.5 Å². The Morgan fingerprint density at radius 1 is 1.03 bits per heavy atom. The van der Waals surface area contributed by atoms with Crippen LogP contribution in [0.2, 0.25) is 0 Å². The van der Waals surface area contributed by atoms with E-state index in [9.17, 15) is 32.5 Å². The van der Waals surface area contributed by atoms with Crippen molar-refractivity contribution < 1.29 is 32.1 Å². The van der Waals surface area contributed by atoms with E-state index >= 15 is 0 Å². The molecule has 182 valence electrons. The van der Waals surface area contributed by atoms with E-state index < -0.39 is 38.7 Å². The summed E-state index contributed by atoms with van der Waals surface area (Å²) in [6, 6.07) is 13.9. The molecule has 1 atom stereocenters. The number of hydrogen-bond acceptors (Lipinski definition) is 7. The maximum Gasteiger partial charge on any atom is 0.338 e. The fourth-order valence-corrected chi connectivity index (χ4v) is 4.31. The molecule has 10 nitrogen and oxygen atoms in total. The van der Waals surface area contributed by atoms with Gasteiger partial charge < -0.3 is 10.1 Å². The molecule has 1 amide bonds. The number of nitrogens with one attached hydrogen (secondary N) is 2. The van der Waals surface area contributed by atoms with Crippen molar-refractivity contribution in [3.05, 3.63) is 93.8 Å². The van der Waals surface area contributed by atoms with Crippen molar-refractivity contribution in [3.63, 3.8) is 0 Å². The summed E-state index contributed by atoms with van der Waals surface area (Å²) in [5, 5.41) is 13.3. The predicted octanol–water partition coefficient (Wildman–Crippen LogP) is 4.03. The Morgan fingerprint density at radius 2 is 1.71 bits per heavy atom. The van der Waals surface area contributed by atoms with Crippen molar-refractivity contribution in [1.82, 2.24) is 0 Å². The highest BCUT2D eigenvalue weighted by Crippen LogP contribution is 2.21. The second kappa shape index (κ2) is 10.3. The normalized spacial score (nSPS) is 11.9. The molecule has 2 N–H and O–H groups in total.